The Bertz CT molecular complexity index is 40.6. The number of hydrogen-bond acceptors (Lipinski definition) is 1. The molecule has 0 radical (unpaired) electrons. The van der Waals surface area contributed by atoms with E-state index in [0.29, 0.717) is 0 Å². The van der Waals surface area contributed by atoms with Crippen molar-refractivity contribution < 1.29 is 31.1 Å². The monoisotopic (exact) mass is 321 g/mol. The molecular weight excluding hydrogens is 312 g/mol. The van der Waals surface area contributed by atoms with Crippen molar-refractivity contribution in [3.8, 4) is 0 Å². The second kappa shape index (κ2) is 3.95. The van der Waals surface area contributed by atoms with Gasteiger partial charge >= 0.3 is 31.1 Å². The van der Waals surface area contributed by atoms with Crippen molar-refractivity contribution in [2.24, 2.45) is 5.92 Å². The molecule has 38 valence electrons. The quantitative estimate of drug-likeness (QED) is 0.697. The van der Waals surface area contributed by atoms with Crippen LogP contribution >= 0.6 is 0 Å². The molecule has 2 heteroatoms. The minimum atomic E-state index is 0. The molecule has 1 aliphatic heterocycles. The van der Waals surface area contributed by atoms with Crippen LogP contribution in [0.4, 0.5) is 0 Å². The SMILES string of the molecule is [CH2-]CC1[CH-]NC1.[U+2]. The number of rotatable bonds is 1. The van der Waals surface area contributed by atoms with E-state index in [1.54, 1.807) is 0 Å². The predicted molar refractivity (Wildman–Crippen MR) is 25.8 cm³/mol. The molecule has 1 N–H and O–H groups in total. The largest absolute Gasteiger partial charge is 2.00 e. The fourth-order valence-corrected chi connectivity index (χ4v) is 0.470. The zero-order chi connectivity index (χ0) is 4.41. The molecule has 0 aromatic carbocycles. The first kappa shape index (κ1) is 8.01. The second-order valence-corrected chi connectivity index (χ2v) is 1.62. The maximum absolute atomic E-state index is 3.74. The van der Waals surface area contributed by atoms with Crippen molar-refractivity contribution in [1.29, 1.82) is 0 Å². The molecule has 0 bridgehead atoms. The third kappa shape index (κ3) is 2.17. The van der Waals surface area contributed by atoms with Crippen LogP contribution in [0.25, 0.3) is 0 Å². The average Bonchev–Trinajstić information content (AvgIpc) is 1.31. The standard InChI is InChI=1S/C5H9N.U/c1-2-5-3-6-4-5;/h3,5-6H,1-2,4H2;/q-2;+2. The summed E-state index contributed by atoms with van der Waals surface area (Å²) >= 11 is 0. The molecule has 0 aromatic heterocycles. The van der Waals surface area contributed by atoms with E-state index in [2.05, 4.69) is 18.8 Å². The van der Waals surface area contributed by atoms with Crippen LogP contribution in [-0.4, -0.2) is 6.54 Å². The van der Waals surface area contributed by atoms with Crippen LogP contribution in [0.15, 0.2) is 0 Å². The summed E-state index contributed by atoms with van der Waals surface area (Å²) in [6.07, 6.45) is 1.05. The minimum absolute atomic E-state index is 0. The summed E-state index contributed by atoms with van der Waals surface area (Å²) in [5.74, 6) is 0.769. The zero-order valence-corrected chi connectivity index (χ0v) is 8.44. The van der Waals surface area contributed by atoms with Gasteiger partial charge < -0.3 is 12.2 Å². The molecule has 7 heavy (non-hydrogen) atoms. The van der Waals surface area contributed by atoms with Crippen molar-refractivity contribution in [3.05, 3.63) is 13.5 Å². The van der Waals surface area contributed by atoms with E-state index in [4.69, 9.17) is 0 Å². The van der Waals surface area contributed by atoms with Crippen LogP contribution in [-0.2, 0) is 0 Å². The van der Waals surface area contributed by atoms with Gasteiger partial charge in [-0.05, 0) is 0 Å². The summed E-state index contributed by atoms with van der Waals surface area (Å²) in [6.45, 7) is 6.97. The smallest absolute Gasteiger partial charge is 0.472 e. The van der Waals surface area contributed by atoms with E-state index < -0.39 is 0 Å². The van der Waals surface area contributed by atoms with Gasteiger partial charge in [-0.15, -0.1) is 0 Å². The summed E-state index contributed by atoms with van der Waals surface area (Å²) in [5, 5.41) is 3.05. The van der Waals surface area contributed by atoms with Gasteiger partial charge in [0, 0.05) is 0 Å². The first-order valence-electron chi connectivity index (χ1n) is 2.29. The van der Waals surface area contributed by atoms with Crippen LogP contribution in [0.3, 0.4) is 0 Å². The third-order valence-electron chi connectivity index (χ3n) is 1.10. The van der Waals surface area contributed by atoms with Gasteiger partial charge in [0.05, 0.1) is 0 Å². The third-order valence-corrected chi connectivity index (χ3v) is 1.10. The molecule has 1 atom stereocenters. The van der Waals surface area contributed by atoms with E-state index in [0.717, 1.165) is 18.9 Å². The maximum atomic E-state index is 3.74. The molecule has 1 unspecified atom stereocenters. The van der Waals surface area contributed by atoms with Gasteiger partial charge in [-0.3, -0.25) is 6.54 Å². The predicted octanol–water partition coefficient (Wildman–Crippen LogP) is 0.592. The molecule has 1 aliphatic rings. The normalized spacial score (nSPS) is 27.9. The Balaban J connectivity index is 0.000000360. The van der Waals surface area contributed by atoms with Crippen LogP contribution < -0.4 is 5.32 Å². The molecule has 0 saturated carbocycles. The molecule has 1 heterocycles. The minimum Gasteiger partial charge on any atom is -0.472 e. The molecule has 0 spiro atoms. The van der Waals surface area contributed by atoms with Gasteiger partial charge in [-0.25, -0.2) is 6.42 Å². The summed E-state index contributed by atoms with van der Waals surface area (Å²) in [5.41, 5.74) is 0. The van der Waals surface area contributed by atoms with Crippen LogP contribution in [0.1, 0.15) is 6.42 Å². The summed E-state index contributed by atoms with van der Waals surface area (Å²) < 4.78 is 0. The molecule has 1 saturated heterocycles. The first-order valence-corrected chi connectivity index (χ1v) is 2.29. The zero-order valence-electron chi connectivity index (χ0n) is 4.28. The van der Waals surface area contributed by atoms with Crippen molar-refractivity contribution in [2.45, 2.75) is 6.42 Å². The summed E-state index contributed by atoms with van der Waals surface area (Å²) in [7, 11) is 0. The fraction of sp³-hybridized carbons (Fsp3) is 0.600. The Morgan fingerprint density at radius 3 is 2.43 bits per heavy atom. The number of hydrogen-bond donors (Lipinski definition) is 1. The summed E-state index contributed by atoms with van der Waals surface area (Å²) in [6, 6.07) is 0. The molecular formula is C5H9NU. The van der Waals surface area contributed by atoms with Crippen LogP contribution in [0, 0.1) is 50.5 Å². The molecule has 1 nitrogen and oxygen atoms in total. The fourth-order valence-electron chi connectivity index (χ4n) is 0.470. The average molecular weight is 321 g/mol. The van der Waals surface area contributed by atoms with Crippen molar-refractivity contribution >= 4 is 0 Å². The Morgan fingerprint density at radius 2 is 2.43 bits per heavy atom. The van der Waals surface area contributed by atoms with E-state index >= 15 is 0 Å². The molecule has 0 amide bonds. The van der Waals surface area contributed by atoms with Gasteiger partial charge in [-0.2, -0.15) is 5.92 Å². The van der Waals surface area contributed by atoms with Crippen molar-refractivity contribution in [1.82, 2.24) is 5.32 Å². The van der Waals surface area contributed by atoms with E-state index in [1.807, 2.05) is 0 Å². The van der Waals surface area contributed by atoms with E-state index in [-0.39, 0.29) is 31.1 Å². The Labute approximate surface area is 68.6 Å². The second-order valence-electron chi connectivity index (χ2n) is 1.62. The van der Waals surface area contributed by atoms with Crippen molar-refractivity contribution in [2.75, 3.05) is 6.54 Å². The first-order chi connectivity index (χ1) is 2.93. The van der Waals surface area contributed by atoms with Gasteiger partial charge in [0.2, 0.25) is 0 Å². The van der Waals surface area contributed by atoms with Gasteiger partial charge in [0.1, 0.15) is 0 Å². The molecule has 0 aromatic rings. The van der Waals surface area contributed by atoms with E-state index in [9.17, 15) is 0 Å². The van der Waals surface area contributed by atoms with Gasteiger partial charge in [-0.1, -0.05) is 6.54 Å². The van der Waals surface area contributed by atoms with Gasteiger partial charge in [0.15, 0.2) is 0 Å². The van der Waals surface area contributed by atoms with Gasteiger partial charge in [0.25, 0.3) is 0 Å². The van der Waals surface area contributed by atoms with Crippen LogP contribution in [0.2, 0.25) is 0 Å². The van der Waals surface area contributed by atoms with Crippen molar-refractivity contribution in [3.63, 3.8) is 0 Å². The topological polar surface area (TPSA) is 12.0 Å². The Hall–Kier alpha value is 1.01. The number of nitrogens with one attached hydrogen (secondary N) is 1. The maximum Gasteiger partial charge on any atom is 2.00 e. The summed E-state index contributed by atoms with van der Waals surface area (Å²) in [4.78, 5) is 0. The Morgan fingerprint density at radius 1 is 1.86 bits per heavy atom. The Kier molecular flexibility index (Phi) is 4.52. The molecule has 1 fully saturated rings. The van der Waals surface area contributed by atoms with E-state index in [1.165, 1.54) is 0 Å². The molecule has 0 aliphatic carbocycles. The van der Waals surface area contributed by atoms with Crippen LogP contribution in [0.5, 0.6) is 0 Å². The molecule has 1 rings (SSSR count).